The third-order valence-corrected chi connectivity index (χ3v) is 4.66. The van der Waals surface area contributed by atoms with Crippen molar-refractivity contribution in [1.82, 2.24) is 0 Å². The third-order valence-electron chi connectivity index (χ3n) is 2.76. The molecular weight excluding hydrogens is 296 g/mol. The molecule has 1 unspecified atom stereocenters. The Morgan fingerprint density at radius 2 is 1.68 bits per heavy atom. The number of rotatable bonds is 2. The summed E-state index contributed by atoms with van der Waals surface area (Å²) in [6.45, 7) is 0. The van der Waals surface area contributed by atoms with Crippen molar-refractivity contribution in [2.45, 2.75) is 17.4 Å². The average Bonchev–Trinajstić information content (AvgIpc) is 2.24. The summed E-state index contributed by atoms with van der Waals surface area (Å²) < 4.78 is 62.6. The summed E-state index contributed by atoms with van der Waals surface area (Å²) in [5, 5.41) is 9.63. The Bertz CT molecular complexity index is 759. The highest BCUT2D eigenvalue weighted by atomic mass is 32.2. The fraction of sp³-hybridized carbons (Fsp3) is 0.200. The van der Waals surface area contributed by atoms with Gasteiger partial charge in [0.25, 0.3) is 20.2 Å². The second kappa shape index (κ2) is 4.39. The second-order valence-corrected chi connectivity index (χ2v) is 6.86. The molecule has 0 aliphatic heterocycles. The first kappa shape index (κ1) is 14.2. The topological polar surface area (TPSA) is 129 Å². The maximum Gasteiger partial charge on any atom is 0.295 e. The Kier molecular flexibility index (Phi) is 3.27. The van der Waals surface area contributed by atoms with Crippen LogP contribution in [-0.2, 0) is 26.7 Å². The van der Waals surface area contributed by atoms with Gasteiger partial charge in [-0.2, -0.15) is 16.8 Å². The van der Waals surface area contributed by atoms with E-state index in [-0.39, 0.29) is 12.0 Å². The molecule has 0 saturated carbocycles. The molecule has 0 radical (unpaired) electrons. The van der Waals surface area contributed by atoms with Crippen LogP contribution in [0.4, 0.5) is 0 Å². The molecule has 1 atom stereocenters. The van der Waals surface area contributed by atoms with Gasteiger partial charge < -0.3 is 5.11 Å². The number of fused-ring (bicyclic) bond motifs is 1. The molecule has 2 rings (SSSR count). The molecule has 9 heteroatoms. The summed E-state index contributed by atoms with van der Waals surface area (Å²) >= 11 is 0. The van der Waals surface area contributed by atoms with E-state index < -0.39 is 36.1 Å². The number of benzene rings is 1. The van der Waals surface area contributed by atoms with Gasteiger partial charge in [0, 0.05) is 6.42 Å². The summed E-state index contributed by atoms with van der Waals surface area (Å²) in [4.78, 5) is -1.17. The van der Waals surface area contributed by atoms with Crippen molar-refractivity contribution < 1.29 is 31.0 Å². The van der Waals surface area contributed by atoms with E-state index in [0.717, 1.165) is 12.1 Å². The average molecular weight is 306 g/mol. The van der Waals surface area contributed by atoms with Crippen LogP contribution >= 0.6 is 0 Å². The lowest BCUT2D eigenvalue weighted by molar-refractivity contribution is 0.216. The number of aliphatic hydroxyl groups excluding tert-OH is 1. The Morgan fingerprint density at radius 3 is 2.21 bits per heavy atom. The predicted molar refractivity (Wildman–Crippen MR) is 65.5 cm³/mol. The van der Waals surface area contributed by atoms with Gasteiger partial charge in [-0.3, -0.25) is 9.11 Å². The monoisotopic (exact) mass is 306 g/mol. The lowest BCUT2D eigenvalue weighted by Gasteiger charge is -2.21. The molecule has 1 aromatic rings. The minimum atomic E-state index is -4.65. The second-order valence-electron chi connectivity index (χ2n) is 4.05. The predicted octanol–water partition coefficient (Wildman–Crippen LogP) is 0.0790. The van der Waals surface area contributed by atoms with Crippen molar-refractivity contribution in [1.29, 1.82) is 0 Å². The summed E-state index contributed by atoms with van der Waals surface area (Å²) in [7, 11) is -9.18. The lowest BCUT2D eigenvalue weighted by Crippen LogP contribution is -2.24. The highest BCUT2D eigenvalue weighted by Crippen LogP contribution is 2.31. The molecule has 1 aliphatic carbocycles. The molecule has 0 saturated heterocycles. The largest absolute Gasteiger partial charge is 0.387 e. The van der Waals surface area contributed by atoms with Gasteiger partial charge in [-0.1, -0.05) is 12.1 Å². The first-order chi connectivity index (χ1) is 8.60. The van der Waals surface area contributed by atoms with Crippen molar-refractivity contribution >= 4 is 26.3 Å². The van der Waals surface area contributed by atoms with Crippen molar-refractivity contribution in [2.24, 2.45) is 0 Å². The van der Waals surface area contributed by atoms with Crippen molar-refractivity contribution in [3.63, 3.8) is 0 Å². The highest BCUT2D eigenvalue weighted by molar-refractivity contribution is 7.90. The van der Waals surface area contributed by atoms with E-state index in [0.29, 0.717) is 5.56 Å². The smallest absolute Gasteiger partial charge is 0.295 e. The molecule has 1 aromatic carbocycles. The molecule has 0 spiro atoms. The third kappa shape index (κ3) is 2.69. The SMILES string of the molecule is O=S(=O)(O)C1=Cc2c(cccc2S(=O)(=O)O)CC1O. The zero-order valence-corrected chi connectivity index (χ0v) is 11.0. The molecular formula is C10H10O7S2. The summed E-state index contributed by atoms with van der Waals surface area (Å²) in [5.74, 6) is 0. The van der Waals surface area contributed by atoms with Crippen LogP contribution in [0, 0.1) is 0 Å². The van der Waals surface area contributed by atoms with Crippen LogP contribution in [0.15, 0.2) is 28.0 Å². The molecule has 0 aromatic heterocycles. The van der Waals surface area contributed by atoms with Gasteiger partial charge in [0.15, 0.2) is 0 Å². The Labute approximate surface area is 109 Å². The van der Waals surface area contributed by atoms with Gasteiger partial charge >= 0.3 is 0 Å². The molecule has 0 fully saturated rings. The number of hydrogen-bond acceptors (Lipinski definition) is 5. The molecule has 7 nitrogen and oxygen atoms in total. The van der Waals surface area contributed by atoms with E-state index in [1.165, 1.54) is 12.1 Å². The highest BCUT2D eigenvalue weighted by Gasteiger charge is 2.30. The first-order valence-electron chi connectivity index (χ1n) is 5.07. The Hall–Kier alpha value is -1.26. The first-order valence-corrected chi connectivity index (χ1v) is 7.95. The van der Waals surface area contributed by atoms with Gasteiger partial charge in [-0.25, -0.2) is 0 Å². The maximum atomic E-state index is 11.2. The van der Waals surface area contributed by atoms with Crippen LogP contribution in [-0.4, -0.2) is 37.2 Å². The van der Waals surface area contributed by atoms with Gasteiger partial charge in [0.2, 0.25) is 0 Å². The van der Waals surface area contributed by atoms with Crippen LogP contribution in [0.1, 0.15) is 11.1 Å². The van der Waals surface area contributed by atoms with E-state index in [1.54, 1.807) is 0 Å². The zero-order chi connectivity index (χ0) is 14.4. The van der Waals surface area contributed by atoms with Crippen molar-refractivity contribution in [3.05, 3.63) is 34.2 Å². The van der Waals surface area contributed by atoms with Crippen molar-refractivity contribution in [3.8, 4) is 0 Å². The minimum absolute atomic E-state index is 0.0528. The molecule has 19 heavy (non-hydrogen) atoms. The molecule has 104 valence electrons. The number of aliphatic hydroxyl groups is 1. The summed E-state index contributed by atoms with van der Waals surface area (Å²) in [5.41, 5.74) is 0.304. The van der Waals surface area contributed by atoms with Crippen LogP contribution < -0.4 is 0 Å². The fourth-order valence-electron chi connectivity index (χ4n) is 1.95. The molecule has 0 amide bonds. The Balaban J connectivity index is 2.77. The van der Waals surface area contributed by atoms with Gasteiger partial charge in [0.05, 0.1) is 6.10 Å². The minimum Gasteiger partial charge on any atom is -0.387 e. The van der Waals surface area contributed by atoms with Crippen LogP contribution in [0.5, 0.6) is 0 Å². The van der Waals surface area contributed by atoms with Gasteiger partial charge in [-0.15, -0.1) is 0 Å². The normalized spacial score (nSPS) is 19.7. The van der Waals surface area contributed by atoms with Crippen LogP contribution in [0.25, 0.3) is 6.08 Å². The quantitative estimate of drug-likeness (QED) is 0.660. The van der Waals surface area contributed by atoms with E-state index in [9.17, 15) is 21.9 Å². The standard InChI is InChI=1S/C10H10O7S2/c11-8-4-6-2-1-3-9(18(12,13)14)7(6)5-10(8)19(15,16)17/h1-3,5,8,11H,4H2,(H,12,13,14)(H,15,16,17). The fourth-order valence-corrected chi connectivity index (χ4v) is 3.36. The Morgan fingerprint density at radius 1 is 1.05 bits per heavy atom. The van der Waals surface area contributed by atoms with E-state index in [4.69, 9.17) is 9.11 Å². The molecule has 1 aliphatic rings. The van der Waals surface area contributed by atoms with Gasteiger partial charge in [0.1, 0.15) is 9.80 Å². The molecule has 0 heterocycles. The maximum absolute atomic E-state index is 11.2. The van der Waals surface area contributed by atoms with Crippen LogP contribution in [0.2, 0.25) is 0 Å². The molecule has 3 N–H and O–H groups in total. The van der Waals surface area contributed by atoms with Gasteiger partial charge in [-0.05, 0) is 23.3 Å². The molecule has 0 bridgehead atoms. The van der Waals surface area contributed by atoms with Crippen LogP contribution in [0.3, 0.4) is 0 Å². The van der Waals surface area contributed by atoms with Crippen molar-refractivity contribution in [2.75, 3.05) is 0 Å². The lowest BCUT2D eigenvalue weighted by atomic mass is 9.95. The summed E-state index contributed by atoms with van der Waals surface area (Å²) in [6.07, 6.45) is -0.786. The van der Waals surface area contributed by atoms with E-state index in [1.807, 2.05) is 0 Å². The zero-order valence-electron chi connectivity index (χ0n) is 9.38. The number of hydrogen-bond donors (Lipinski definition) is 3. The summed E-state index contributed by atoms with van der Waals surface area (Å²) in [6, 6.07) is 3.95. The van der Waals surface area contributed by atoms with E-state index in [2.05, 4.69) is 0 Å². The van der Waals surface area contributed by atoms with E-state index >= 15 is 0 Å².